The minimum absolute atomic E-state index is 0.121. The molecule has 0 amide bonds. The van der Waals surface area contributed by atoms with Crippen LogP contribution in [0, 0.1) is 6.92 Å². The van der Waals surface area contributed by atoms with E-state index in [1.807, 2.05) is 19.1 Å². The van der Waals surface area contributed by atoms with Gasteiger partial charge in [-0.15, -0.1) is 0 Å². The summed E-state index contributed by atoms with van der Waals surface area (Å²) < 4.78 is 0. The smallest absolute Gasteiger partial charge is 0.356 e. The number of aryl methyl sites for hydroxylation is 1. The number of carbonyl (C=O) groups is 1. The van der Waals surface area contributed by atoms with E-state index in [0.29, 0.717) is 16.5 Å². The number of nitrogens with one attached hydrogen (secondary N) is 1. The number of nitrogens with zero attached hydrogens (tertiary/aromatic N) is 2. The molecule has 0 saturated carbocycles. The van der Waals surface area contributed by atoms with Crippen molar-refractivity contribution < 1.29 is 9.90 Å². The Morgan fingerprint density at radius 2 is 2.17 bits per heavy atom. The summed E-state index contributed by atoms with van der Waals surface area (Å²) in [4.78, 5) is 18.5. The van der Waals surface area contributed by atoms with Gasteiger partial charge in [0.2, 0.25) is 0 Å². The lowest BCUT2D eigenvalue weighted by Crippen LogP contribution is -2.04. The number of benzene rings is 1. The van der Waals surface area contributed by atoms with Gasteiger partial charge in [0.25, 0.3) is 0 Å². The van der Waals surface area contributed by atoms with Crippen LogP contribution in [-0.2, 0) is 0 Å². The molecule has 0 atom stereocenters. The number of halogens is 1. The van der Waals surface area contributed by atoms with Crippen molar-refractivity contribution >= 4 is 29.1 Å². The van der Waals surface area contributed by atoms with Crippen molar-refractivity contribution in [2.45, 2.75) is 6.92 Å². The van der Waals surface area contributed by atoms with E-state index < -0.39 is 5.97 Å². The van der Waals surface area contributed by atoms with Gasteiger partial charge in [-0.25, -0.2) is 9.78 Å². The lowest BCUT2D eigenvalue weighted by Gasteiger charge is -2.10. The van der Waals surface area contributed by atoms with Crippen LogP contribution in [0.2, 0.25) is 5.02 Å². The van der Waals surface area contributed by atoms with E-state index >= 15 is 0 Å². The van der Waals surface area contributed by atoms with Gasteiger partial charge in [0, 0.05) is 0 Å². The van der Waals surface area contributed by atoms with Gasteiger partial charge < -0.3 is 10.4 Å². The number of carboxylic acids is 1. The predicted octanol–water partition coefficient (Wildman–Crippen LogP) is 2.88. The van der Waals surface area contributed by atoms with Crippen molar-refractivity contribution in [1.82, 2.24) is 9.97 Å². The van der Waals surface area contributed by atoms with Crippen LogP contribution in [-0.4, -0.2) is 21.0 Å². The third-order valence-corrected chi connectivity index (χ3v) is 2.64. The van der Waals surface area contributed by atoms with Crippen LogP contribution in [0.15, 0.2) is 30.6 Å². The molecule has 0 saturated heterocycles. The van der Waals surface area contributed by atoms with E-state index in [4.69, 9.17) is 16.7 Å². The fraction of sp³-hybridized carbons (Fsp3) is 0.0833. The Kier molecular flexibility index (Phi) is 3.43. The molecule has 5 nitrogen and oxygen atoms in total. The molecule has 0 fully saturated rings. The fourth-order valence-electron chi connectivity index (χ4n) is 1.45. The summed E-state index contributed by atoms with van der Waals surface area (Å²) in [6, 6.07) is 5.47. The highest BCUT2D eigenvalue weighted by Gasteiger charge is 2.08. The van der Waals surface area contributed by atoms with Crippen molar-refractivity contribution in [3.63, 3.8) is 0 Å². The predicted molar refractivity (Wildman–Crippen MR) is 68.5 cm³/mol. The highest BCUT2D eigenvalue weighted by Crippen LogP contribution is 2.27. The molecule has 2 aromatic rings. The van der Waals surface area contributed by atoms with Gasteiger partial charge in [0.05, 0.1) is 23.1 Å². The van der Waals surface area contributed by atoms with Crippen LogP contribution in [0.3, 0.4) is 0 Å². The first-order valence-corrected chi connectivity index (χ1v) is 5.53. The molecule has 18 heavy (non-hydrogen) atoms. The van der Waals surface area contributed by atoms with Crippen LogP contribution >= 0.6 is 11.6 Å². The number of hydrogen-bond acceptors (Lipinski definition) is 4. The third kappa shape index (κ3) is 2.57. The second kappa shape index (κ2) is 5.01. The molecular formula is C12H10ClN3O2. The highest BCUT2D eigenvalue weighted by molar-refractivity contribution is 6.33. The van der Waals surface area contributed by atoms with Gasteiger partial charge in [-0.05, 0) is 18.6 Å². The Balaban J connectivity index is 2.34. The number of aromatic carboxylic acids is 1. The Morgan fingerprint density at radius 1 is 1.39 bits per heavy atom. The van der Waals surface area contributed by atoms with E-state index in [9.17, 15) is 4.79 Å². The summed E-state index contributed by atoms with van der Waals surface area (Å²) in [5.74, 6) is -0.784. The molecule has 0 unspecified atom stereocenters. The monoisotopic (exact) mass is 263 g/mol. The molecule has 0 aliphatic carbocycles. The van der Waals surface area contributed by atoms with Crippen molar-refractivity contribution in [1.29, 1.82) is 0 Å². The molecule has 1 aromatic carbocycles. The summed E-state index contributed by atoms with van der Waals surface area (Å²) in [5.41, 5.74) is 1.51. The summed E-state index contributed by atoms with van der Waals surface area (Å²) in [7, 11) is 0. The highest BCUT2D eigenvalue weighted by atomic mass is 35.5. The molecule has 0 bridgehead atoms. The summed E-state index contributed by atoms with van der Waals surface area (Å²) in [6.07, 6.45) is 2.63. The maximum absolute atomic E-state index is 10.8. The molecule has 0 radical (unpaired) electrons. The number of carboxylic acid groups (broad SMARTS) is 1. The topological polar surface area (TPSA) is 75.1 Å². The quantitative estimate of drug-likeness (QED) is 0.891. The minimum Gasteiger partial charge on any atom is -0.476 e. The van der Waals surface area contributed by atoms with Crippen molar-refractivity contribution in [3.05, 3.63) is 46.9 Å². The first kappa shape index (κ1) is 12.3. The Labute approximate surface area is 108 Å². The lowest BCUT2D eigenvalue weighted by atomic mass is 10.2. The standard InChI is InChI=1S/C12H10ClN3O2/c1-7-3-2-4-8(13)11(7)16-10-6-14-5-9(15-10)12(17)18/h2-6H,1H3,(H,15,16)(H,17,18). The maximum Gasteiger partial charge on any atom is 0.356 e. The third-order valence-electron chi connectivity index (χ3n) is 2.33. The zero-order valence-corrected chi connectivity index (χ0v) is 10.3. The van der Waals surface area contributed by atoms with Crippen molar-refractivity contribution in [3.8, 4) is 0 Å². The second-order valence-electron chi connectivity index (χ2n) is 3.65. The van der Waals surface area contributed by atoms with E-state index in [0.717, 1.165) is 5.56 Å². The van der Waals surface area contributed by atoms with Crippen LogP contribution in [0.5, 0.6) is 0 Å². The maximum atomic E-state index is 10.8. The summed E-state index contributed by atoms with van der Waals surface area (Å²) >= 11 is 6.05. The first-order chi connectivity index (χ1) is 8.58. The Bertz CT molecular complexity index is 581. The molecule has 2 N–H and O–H groups in total. The fourth-order valence-corrected chi connectivity index (χ4v) is 1.72. The van der Waals surface area contributed by atoms with Gasteiger partial charge in [-0.3, -0.25) is 4.98 Å². The van der Waals surface area contributed by atoms with E-state index in [1.165, 1.54) is 12.4 Å². The number of hydrogen-bond donors (Lipinski definition) is 2. The van der Waals surface area contributed by atoms with Gasteiger partial charge in [-0.2, -0.15) is 0 Å². The number of aromatic nitrogens is 2. The van der Waals surface area contributed by atoms with Gasteiger partial charge >= 0.3 is 5.97 Å². The molecule has 0 aliphatic heterocycles. The number of para-hydroxylation sites is 1. The Morgan fingerprint density at radius 3 is 2.83 bits per heavy atom. The zero-order valence-electron chi connectivity index (χ0n) is 9.51. The van der Waals surface area contributed by atoms with Crippen molar-refractivity contribution in [2.75, 3.05) is 5.32 Å². The molecule has 1 heterocycles. The first-order valence-electron chi connectivity index (χ1n) is 5.15. The van der Waals surface area contributed by atoms with Crippen LogP contribution in [0.25, 0.3) is 0 Å². The molecule has 92 valence electrons. The van der Waals surface area contributed by atoms with E-state index in [2.05, 4.69) is 15.3 Å². The minimum atomic E-state index is -1.12. The van der Waals surface area contributed by atoms with E-state index in [1.54, 1.807) is 6.07 Å². The number of rotatable bonds is 3. The summed E-state index contributed by atoms with van der Waals surface area (Å²) in [6.45, 7) is 1.89. The lowest BCUT2D eigenvalue weighted by molar-refractivity contribution is 0.0690. The van der Waals surface area contributed by atoms with Gasteiger partial charge in [0.15, 0.2) is 5.69 Å². The SMILES string of the molecule is Cc1cccc(Cl)c1Nc1cncc(C(=O)O)n1. The number of anilines is 2. The van der Waals surface area contributed by atoms with Crippen LogP contribution in [0.4, 0.5) is 11.5 Å². The zero-order chi connectivity index (χ0) is 13.1. The average Bonchev–Trinajstić information content (AvgIpc) is 2.34. The second-order valence-corrected chi connectivity index (χ2v) is 4.06. The molecule has 1 aromatic heterocycles. The molecule has 0 spiro atoms. The van der Waals surface area contributed by atoms with Gasteiger partial charge in [0.1, 0.15) is 5.82 Å². The largest absolute Gasteiger partial charge is 0.476 e. The van der Waals surface area contributed by atoms with Gasteiger partial charge in [-0.1, -0.05) is 23.7 Å². The van der Waals surface area contributed by atoms with Crippen molar-refractivity contribution in [2.24, 2.45) is 0 Å². The van der Waals surface area contributed by atoms with E-state index in [-0.39, 0.29) is 5.69 Å². The van der Waals surface area contributed by atoms with Crippen LogP contribution in [0.1, 0.15) is 16.1 Å². The normalized spacial score (nSPS) is 10.1. The molecule has 6 heteroatoms. The summed E-state index contributed by atoms with van der Waals surface area (Å²) in [5, 5.41) is 12.3. The Hall–Kier alpha value is -2.14. The molecule has 2 rings (SSSR count). The van der Waals surface area contributed by atoms with Crippen LogP contribution < -0.4 is 5.32 Å². The average molecular weight is 264 g/mol. The molecule has 0 aliphatic rings. The molecular weight excluding hydrogens is 254 g/mol.